The van der Waals surface area contributed by atoms with Gasteiger partial charge in [0.05, 0.1) is 0 Å². The molecule has 0 saturated heterocycles. The average Bonchev–Trinajstić information content (AvgIpc) is 2.11. The average molecular weight is 195 g/mol. The molecule has 1 N–H and O–H groups in total. The van der Waals surface area contributed by atoms with Crippen LogP contribution in [0.3, 0.4) is 0 Å². The Bertz CT molecular complexity index is 294. The fraction of sp³-hybridized carbons (Fsp3) is 0.455. The Balaban J connectivity index is 3.05. The molecule has 0 atom stereocenters. The smallest absolute Gasteiger partial charge is 0.0370 e. The van der Waals surface area contributed by atoms with E-state index in [-0.39, 0.29) is 0 Å². The summed E-state index contributed by atoms with van der Waals surface area (Å²) in [5, 5.41) is 3.20. The third-order valence-electron chi connectivity index (χ3n) is 2.25. The van der Waals surface area contributed by atoms with E-state index in [9.17, 15) is 0 Å². The predicted molar refractivity (Wildman–Crippen MR) is 62.7 cm³/mol. The topological polar surface area (TPSA) is 12.0 Å². The number of aryl methyl sites for hydroxylation is 2. The number of hydrogen-bond acceptors (Lipinski definition) is 2. The molecule has 72 valence electrons. The number of thioether (sulfide) groups is 1. The maximum Gasteiger partial charge on any atom is 0.0370 e. The van der Waals surface area contributed by atoms with Crippen molar-refractivity contribution < 1.29 is 0 Å². The highest BCUT2D eigenvalue weighted by molar-refractivity contribution is 7.97. The van der Waals surface area contributed by atoms with E-state index in [1.165, 1.54) is 22.4 Å². The summed E-state index contributed by atoms with van der Waals surface area (Å²) in [4.78, 5) is 0. The summed E-state index contributed by atoms with van der Waals surface area (Å²) in [7, 11) is 1.97. The summed E-state index contributed by atoms with van der Waals surface area (Å²) in [6, 6.07) is 4.50. The molecule has 0 spiro atoms. The molecule has 0 heterocycles. The van der Waals surface area contributed by atoms with Crippen molar-refractivity contribution in [1.29, 1.82) is 0 Å². The van der Waals surface area contributed by atoms with E-state index in [1.807, 2.05) is 18.8 Å². The number of rotatable bonds is 3. The molecule has 0 bridgehead atoms. The molecule has 0 unspecified atom stereocenters. The van der Waals surface area contributed by atoms with Crippen molar-refractivity contribution in [2.75, 3.05) is 18.6 Å². The summed E-state index contributed by atoms with van der Waals surface area (Å²) < 4.78 is 0. The van der Waals surface area contributed by atoms with Crippen LogP contribution in [-0.2, 0) is 5.75 Å². The quantitative estimate of drug-likeness (QED) is 0.795. The van der Waals surface area contributed by atoms with E-state index in [0.717, 1.165) is 5.75 Å². The van der Waals surface area contributed by atoms with Gasteiger partial charge >= 0.3 is 0 Å². The first-order valence-electron chi connectivity index (χ1n) is 4.46. The first-order valence-corrected chi connectivity index (χ1v) is 5.85. The highest BCUT2D eigenvalue weighted by Crippen LogP contribution is 2.22. The number of benzene rings is 1. The van der Waals surface area contributed by atoms with Crippen molar-refractivity contribution in [3.63, 3.8) is 0 Å². The Morgan fingerprint density at radius 3 is 2.46 bits per heavy atom. The van der Waals surface area contributed by atoms with Crippen LogP contribution in [0.2, 0.25) is 0 Å². The van der Waals surface area contributed by atoms with Gasteiger partial charge in [-0.2, -0.15) is 11.8 Å². The van der Waals surface area contributed by atoms with Gasteiger partial charge in [0.1, 0.15) is 0 Å². The molecule has 0 radical (unpaired) electrons. The number of anilines is 1. The minimum atomic E-state index is 1.11. The molecular weight excluding hydrogens is 178 g/mol. The minimum Gasteiger partial charge on any atom is -0.388 e. The first-order chi connectivity index (χ1) is 6.19. The SMILES string of the molecule is CNc1cc(C)c(CSC)cc1C. The van der Waals surface area contributed by atoms with Crippen molar-refractivity contribution in [2.45, 2.75) is 19.6 Å². The Labute approximate surface area is 84.9 Å². The molecule has 1 aromatic rings. The largest absolute Gasteiger partial charge is 0.388 e. The zero-order valence-corrected chi connectivity index (χ0v) is 9.59. The van der Waals surface area contributed by atoms with Crippen LogP contribution in [0.25, 0.3) is 0 Å². The Morgan fingerprint density at radius 2 is 1.92 bits per heavy atom. The molecule has 1 nitrogen and oxygen atoms in total. The third-order valence-corrected chi connectivity index (χ3v) is 2.85. The van der Waals surface area contributed by atoms with Crippen LogP contribution in [-0.4, -0.2) is 13.3 Å². The summed E-state index contributed by atoms with van der Waals surface area (Å²) in [5.74, 6) is 1.11. The van der Waals surface area contributed by atoms with Gasteiger partial charge in [-0.05, 0) is 42.9 Å². The van der Waals surface area contributed by atoms with Gasteiger partial charge in [0.25, 0.3) is 0 Å². The van der Waals surface area contributed by atoms with Crippen LogP contribution in [0, 0.1) is 13.8 Å². The molecule has 0 fully saturated rings. The molecule has 1 rings (SSSR count). The molecule has 0 aliphatic rings. The monoisotopic (exact) mass is 195 g/mol. The molecule has 0 aliphatic carbocycles. The van der Waals surface area contributed by atoms with Gasteiger partial charge in [-0.1, -0.05) is 6.07 Å². The zero-order valence-electron chi connectivity index (χ0n) is 8.77. The second-order valence-electron chi connectivity index (χ2n) is 3.28. The number of nitrogens with one attached hydrogen (secondary N) is 1. The summed E-state index contributed by atoms with van der Waals surface area (Å²) in [6.45, 7) is 4.32. The van der Waals surface area contributed by atoms with Gasteiger partial charge in [0.2, 0.25) is 0 Å². The van der Waals surface area contributed by atoms with Gasteiger partial charge in [0, 0.05) is 18.5 Å². The van der Waals surface area contributed by atoms with Gasteiger partial charge < -0.3 is 5.32 Å². The van der Waals surface area contributed by atoms with Gasteiger partial charge in [-0.15, -0.1) is 0 Å². The maximum atomic E-state index is 3.20. The van der Waals surface area contributed by atoms with E-state index in [1.54, 1.807) is 0 Å². The summed E-state index contributed by atoms with van der Waals surface area (Å²) in [6.07, 6.45) is 2.14. The molecule has 0 amide bonds. The van der Waals surface area contributed by atoms with Crippen LogP contribution < -0.4 is 5.32 Å². The van der Waals surface area contributed by atoms with Gasteiger partial charge in [0.15, 0.2) is 0 Å². The summed E-state index contributed by atoms with van der Waals surface area (Å²) >= 11 is 1.87. The third kappa shape index (κ3) is 2.41. The lowest BCUT2D eigenvalue weighted by atomic mass is 10.1. The van der Waals surface area contributed by atoms with Crippen LogP contribution in [0.1, 0.15) is 16.7 Å². The lowest BCUT2D eigenvalue weighted by Crippen LogP contribution is -1.95. The van der Waals surface area contributed by atoms with Gasteiger partial charge in [-0.25, -0.2) is 0 Å². The molecule has 1 aromatic carbocycles. The molecule has 0 aliphatic heterocycles. The van der Waals surface area contributed by atoms with Crippen LogP contribution in [0.15, 0.2) is 12.1 Å². The molecule has 13 heavy (non-hydrogen) atoms. The number of hydrogen-bond donors (Lipinski definition) is 1. The highest BCUT2D eigenvalue weighted by Gasteiger charge is 2.02. The fourth-order valence-corrected chi connectivity index (χ4v) is 2.08. The zero-order chi connectivity index (χ0) is 9.84. The molecular formula is C11H17NS. The van der Waals surface area contributed by atoms with Crippen molar-refractivity contribution in [3.8, 4) is 0 Å². The molecule has 2 heteroatoms. The van der Waals surface area contributed by atoms with Crippen LogP contribution >= 0.6 is 11.8 Å². The van der Waals surface area contributed by atoms with Crippen molar-refractivity contribution in [2.24, 2.45) is 0 Å². The highest BCUT2D eigenvalue weighted by atomic mass is 32.2. The standard InChI is InChI=1S/C11H17NS/c1-8-6-11(12-3)9(2)5-10(8)7-13-4/h5-6,12H,7H2,1-4H3. The van der Waals surface area contributed by atoms with E-state index in [2.05, 4.69) is 37.6 Å². The first kappa shape index (κ1) is 10.5. The molecule has 0 saturated carbocycles. The van der Waals surface area contributed by atoms with Crippen LogP contribution in [0.4, 0.5) is 5.69 Å². The van der Waals surface area contributed by atoms with Crippen molar-refractivity contribution >= 4 is 17.4 Å². The van der Waals surface area contributed by atoms with E-state index in [4.69, 9.17) is 0 Å². The minimum absolute atomic E-state index is 1.11. The van der Waals surface area contributed by atoms with Crippen LogP contribution in [0.5, 0.6) is 0 Å². The predicted octanol–water partition coefficient (Wildman–Crippen LogP) is 3.21. The summed E-state index contributed by atoms with van der Waals surface area (Å²) in [5.41, 5.74) is 5.40. The van der Waals surface area contributed by atoms with Crippen molar-refractivity contribution in [1.82, 2.24) is 0 Å². The molecule has 0 aromatic heterocycles. The van der Waals surface area contributed by atoms with E-state index < -0.39 is 0 Å². The second kappa shape index (κ2) is 4.56. The van der Waals surface area contributed by atoms with E-state index >= 15 is 0 Å². The Morgan fingerprint density at radius 1 is 1.23 bits per heavy atom. The van der Waals surface area contributed by atoms with Gasteiger partial charge in [-0.3, -0.25) is 0 Å². The fourth-order valence-electron chi connectivity index (χ4n) is 1.46. The Hall–Kier alpha value is -0.630. The second-order valence-corrected chi connectivity index (χ2v) is 4.14. The lowest BCUT2D eigenvalue weighted by molar-refractivity contribution is 1.26. The lowest BCUT2D eigenvalue weighted by Gasteiger charge is -2.10. The normalized spacial score (nSPS) is 10.2. The van der Waals surface area contributed by atoms with Crippen molar-refractivity contribution in [3.05, 3.63) is 28.8 Å². The maximum absolute atomic E-state index is 3.20. The van der Waals surface area contributed by atoms with E-state index in [0.29, 0.717) is 0 Å². The Kier molecular flexibility index (Phi) is 3.67.